The van der Waals surface area contributed by atoms with Gasteiger partial charge in [0.2, 0.25) is 0 Å². The second-order valence-electron chi connectivity index (χ2n) is 6.00. The Bertz CT molecular complexity index is 345. The summed E-state index contributed by atoms with van der Waals surface area (Å²) in [6.45, 7) is 7.72. The van der Waals surface area contributed by atoms with Gasteiger partial charge < -0.3 is 5.32 Å². The molecule has 0 aromatic heterocycles. The Morgan fingerprint density at radius 2 is 1.55 bits per heavy atom. The average Bonchev–Trinajstić information content (AvgIpc) is 2.43. The molecule has 1 rings (SSSR count). The van der Waals surface area contributed by atoms with Crippen LogP contribution in [0.15, 0.2) is 24.3 Å². The molecule has 0 aliphatic heterocycles. The molecule has 1 aromatic rings. The van der Waals surface area contributed by atoms with Gasteiger partial charge in [-0.2, -0.15) is 0 Å². The minimum Gasteiger partial charge on any atom is -0.310 e. The Morgan fingerprint density at radius 3 is 2.15 bits per heavy atom. The topological polar surface area (TPSA) is 12.0 Å². The third kappa shape index (κ3) is 6.51. The summed E-state index contributed by atoms with van der Waals surface area (Å²) in [4.78, 5) is 0. The summed E-state index contributed by atoms with van der Waals surface area (Å²) in [5.74, 6) is 0.354. The molecule has 1 unspecified atom stereocenters. The molecule has 0 spiro atoms. The molecule has 1 aromatic carbocycles. The van der Waals surface area contributed by atoms with Crippen LogP contribution in [0, 0.1) is 11.7 Å². The van der Waals surface area contributed by atoms with Crippen LogP contribution in [0.2, 0.25) is 0 Å². The van der Waals surface area contributed by atoms with Crippen molar-refractivity contribution in [3.8, 4) is 0 Å². The first-order valence-corrected chi connectivity index (χ1v) is 8.14. The number of halogens is 1. The summed E-state index contributed by atoms with van der Waals surface area (Å²) in [7, 11) is 0. The van der Waals surface area contributed by atoms with Gasteiger partial charge in [0, 0.05) is 6.04 Å². The lowest BCUT2D eigenvalue weighted by Gasteiger charge is -2.23. The molecule has 0 aliphatic rings. The van der Waals surface area contributed by atoms with Gasteiger partial charge in [0.15, 0.2) is 0 Å². The molecule has 0 amide bonds. The molecule has 0 radical (unpaired) electrons. The van der Waals surface area contributed by atoms with E-state index in [4.69, 9.17) is 0 Å². The summed E-state index contributed by atoms with van der Waals surface area (Å²) < 4.78 is 13.0. The smallest absolute Gasteiger partial charge is 0.123 e. The molecular formula is C18H30FN. The molecular weight excluding hydrogens is 249 g/mol. The lowest BCUT2D eigenvalue weighted by molar-refractivity contribution is 0.404. The van der Waals surface area contributed by atoms with Crippen LogP contribution in [0.1, 0.15) is 70.9 Å². The molecule has 0 fully saturated rings. The van der Waals surface area contributed by atoms with Crippen molar-refractivity contribution in [3.05, 3.63) is 35.6 Å². The summed E-state index contributed by atoms with van der Waals surface area (Å²) in [6.07, 6.45) is 7.91. The summed E-state index contributed by atoms with van der Waals surface area (Å²) in [6, 6.07) is 7.22. The standard InChI is InChI=1S/C18H30FN/c1-4-5-6-7-8-9-14-20-18(15(2)3)16-10-12-17(19)13-11-16/h10-13,15,18,20H,4-9,14H2,1-3H3. The van der Waals surface area contributed by atoms with E-state index >= 15 is 0 Å². The van der Waals surface area contributed by atoms with Crippen LogP contribution in [0.25, 0.3) is 0 Å². The van der Waals surface area contributed by atoms with Crippen molar-refractivity contribution in [1.29, 1.82) is 0 Å². The molecule has 1 N–H and O–H groups in total. The second-order valence-corrected chi connectivity index (χ2v) is 6.00. The van der Waals surface area contributed by atoms with Crippen LogP contribution in [-0.4, -0.2) is 6.54 Å². The molecule has 0 bridgehead atoms. The maximum atomic E-state index is 13.0. The molecule has 1 nitrogen and oxygen atoms in total. The average molecular weight is 279 g/mol. The summed E-state index contributed by atoms with van der Waals surface area (Å²) >= 11 is 0. The van der Waals surface area contributed by atoms with E-state index in [2.05, 4.69) is 26.1 Å². The summed E-state index contributed by atoms with van der Waals surface area (Å²) in [5.41, 5.74) is 1.19. The van der Waals surface area contributed by atoms with Crippen molar-refractivity contribution in [2.24, 2.45) is 5.92 Å². The van der Waals surface area contributed by atoms with Gasteiger partial charge >= 0.3 is 0 Å². The van der Waals surface area contributed by atoms with Gasteiger partial charge in [0.1, 0.15) is 5.82 Å². The minimum absolute atomic E-state index is 0.160. The van der Waals surface area contributed by atoms with E-state index in [1.807, 2.05) is 12.1 Å². The van der Waals surface area contributed by atoms with Gasteiger partial charge in [-0.15, -0.1) is 0 Å². The van der Waals surface area contributed by atoms with Crippen LogP contribution < -0.4 is 5.32 Å². The molecule has 114 valence electrons. The fraction of sp³-hybridized carbons (Fsp3) is 0.667. The Kier molecular flexibility index (Phi) is 8.52. The van der Waals surface area contributed by atoms with Crippen LogP contribution in [0.4, 0.5) is 4.39 Å². The highest BCUT2D eigenvalue weighted by Crippen LogP contribution is 2.22. The number of rotatable bonds is 10. The first-order chi connectivity index (χ1) is 9.65. The van der Waals surface area contributed by atoms with Gasteiger partial charge in [0.25, 0.3) is 0 Å². The Labute approximate surface area is 124 Å². The highest BCUT2D eigenvalue weighted by Gasteiger charge is 2.14. The number of hydrogen-bond donors (Lipinski definition) is 1. The molecule has 0 saturated heterocycles. The maximum absolute atomic E-state index is 13.0. The number of benzene rings is 1. The lowest BCUT2D eigenvalue weighted by Crippen LogP contribution is -2.26. The fourth-order valence-electron chi connectivity index (χ4n) is 2.57. The third-order valence-corrected chi connectivity index (χ3v) is 3.79. The third-order valence-electron chi connectivity index (χ3n) is 3.79. The zero-order valence-electron chi connectivity index (χ0n) is 13.3. The van der Waals surface area contributed by atoms with E-state index in [9.17, 15) is 4.39 Å². The minimum atomic E-state index is -0.160. The number of nitrogens with one attached hydrogen (secondary N) is 1. The molecule has 1 atom stereocenters. The van der Waals surface area contributed by atoms with Crippen molar-refractivity contribution in [1.82, 2.24) is 5.32 Å². The van der Waals surface area contributed by atoms with Crippen molar-refractivity contribution in [2.75, 3.05) is 6.54 Å². The van der Waals surface area contributed by atoms with Gasteiger partial charge in [0.05, 0.1) is 0 Å². The Morgan fingerprint density at radius 1 is 0.950 bits per heavy atom. The van der Waals surface area contributed by atoms with Gasteiger partial charge in [-0.3, -0.25) is 0 Å². The zero-order chi connectivity index (χ0) is 14.8. The Balaban J connectivity index is 2.31. The monoisotopic (exact) mass is 279 g/mol. The van der Waals surface area contributed by atoms with Crippen LogP contribution >= 0.6 is 0 Å². The van der Waals surface area contributed by atoms with E-state index < -0.39 is 0 Å². The van der Waals surface area contributed by atoms with E-state index in [0.29, 0.717) is 12.0 Å². The molecule has 2 heteroatoms. The quantitative estimate of drug-likeness (QED) is 0.560. The molecule has 0 heterocycles. The first kappa shape index (κ1) is 17.2. The molecule has 0 saturated carbocycles. The second kappa shape index (κ2) is 9.93. The SMILES string of the molecule is CCCCCCCCNC(c1ccc(F)cc1)C(C)C. The van der Waals surface area contributed by atoms with Crippen molar-refractivity contribution < 1.29 is 4.39 Å². The lowest BCUT2D eigenvalue weighted by atomic mass is 9.96. The predicted molar refractivity (Wildman–Crippen MR) is 85.4 cm³/mol. The van der Waals surface area contributed by atoms with Crippen molar-refractivity contribution in [2.45, 2.75) is 65.3 Å². The zero-order valence-corrected chi connectivity index (χ0v) is 13.3. The maximum Gasteiger partial charge on any atom is 0.123 e. The highest BCUT2D eigenvalue weighted by atomic mass is 19.1. The van der Waals surface area contributed by atoms with Crippen molar-refractivity contribution >= 4 is 0 Å². The Hall–Kier alpha value is -0.890. The summed E-state index contributed by atoms with van der Waals surface area (Å²) in [5, 5.41) is 3.62. The number of hydrogen-bond acceptors (Lipinski definition) is 1. The number of unbranched alkanes of at least 4 members (excludes halogenated alkanes) is 5. The van der Waals surface area contributed by atoms with Gasteiger partial charge in [-0.05, 0) is 36.6 Å². The van der Waals surface area contributed by atoms with Gasteiger partial charge in [-0.1, -0.05) is 65.0 Å². The highest BCUT2D eigenvalue weighted by molar-refractivity contribution is 5.20. The van der Waals surface area contributed by atoms with Crippen LogP contribution in [0.3, 0.4) is 0 Å². The van der Waals surface area contributed by atoms with Crippen LogP contribution in [0.5, 0.6) is 0 Å². The fourth-order valence-corrected chi connectivity index (χ4v) is 2.57. The first-order valence-electron chi connectivity index (χ1n) is 8.14. The van der Waals surface area contributed by atoms with Crippen LogP contribution in [-0.2, 0) is 0 Å². The largest absolute Gasteiger partial charge is 0.310 e. The van der Waals surface area contributed by atoms with E-state index in [0.717, 1.165) is 6.54 Å². The molecule has 20 heavy (non-hydrogen) atoms. The van der Waals surface area contributed by atoms with Gasteiger partial charge in [-0.25, -0.2) is 4.39 Å². The normalized spacial score (nSPS) is 12.8. The van der Waals surface area contributed by atoms with E-state index in [-0.39, 0.29) is 5.82 Å². The predicted octanol–water partition coefficient (Wildman–Crippen LogP) is 5.47. The van der Waals surface area contributed by atoms with Crippen molar-refractivity contribution in [3.63, 3.8) is 0 Å². The van der Waals surface area contributed by atoms with E-state index in [1.165, 1.54) is 44.1 Å². The van der Waals surface area contributed by atoms with E-state index in [1.54, 1.807) is 12.1 Å². The molecule has 0 aliphatic carbocycles.